The molecule has 0 bridgehead atoms. The molecule has 0 aliphatic carbocycles. The predicted molar refractivity (Wildman–Crippen MR) is 114 cm³/mol. The summed E-state index contributed by atoms with van der Waals surface area (Å²) < 4.78 is 46.0. The molecule has 0 spiro atoms. The summed E-state index contributed by atoms with van der Waals surface area (Å²) in [6, 6.07) is 0.883. The van der Waals surface area contributed by atoms with Gasteiger partial charge in [-0.3, -0.25) is 19.2 Å². The van der Waals surface area contributed by atoms with Gasteiger partial charge in [-0.2, -0.15) is 9.49 Å². The maximum absolute atomic E-state index is 13.8. The lowest BCUT2D eigenvalue weighted by molar-refractivity contribution is 0.0963. The van der Waals surface area contributed by atoms with Crippen molar-refractivity contribution in [3.05, 3.63) is 66.0 Å². The van der Waals surface area contributed by atoms with E-state index in [2.05, 4.69) is 37.3 Å². The lowest BCUT2D eigenvalue weighted by atomic mass is 10.2. The lowest BCUT2D eigenvalue weighted by Gasteiger charge is -2.15. The second-order valence-electron chi connectivity index (χ2n) is 7.03. The molecule has 1 atom stereocenters. The van der Waals surface area contributed by atoms with Crippen LogP contribution in [-0.4, -0.2) is 43.4 Å². The van der Waals surface area contributed by atoms with Crippen LogP contribution in [0.15, 0.2) is 43.1 Å². The molecule has 2 N–H and O–H groups in total. The molecule has 0 fully saturated rings. The maximum Gasteiger partial charge on any atom is 0.413 e. The van der Waals surface area contributed by atoms with Crippen molar-refractivity contribution in [2.75, 3.05) is 12.0 Å². The molecular weight excluding hydrogens is 455 g/mol. The molecule has 2 amide bonds. The fourth-order valence-corrected chi connectivity index (χ4v) is 2.82. The molecule has 0 aliphatic rings. The van der Waals surface area contributed by atoms with Crippen LogP contribution in [0.25, 0.3) is 11.4 Å². The van der Waals surface area contributed by atoms with Crippen molar-refractivity contribution < 1.29 is 27.5 Å². The van der Waals surface area contributed by atoms with Gasteiger partial charge in [-0.15, -0.1) is 0 Å². The van der Waals surface area contributed by atoms with E-state index in [1.807, 2.05) is 0 Å². The molecule has 0 aromatic carbocycles. The Labute approximate surface area is 191 Å². The average Bonchev–Trinajstić information content (AvgIpc) is 3.15. The number of allylic oxidation sites excluding steroid dienone is 1. The molecule has 0 saturated carbocycles. The first-order valence-electron chi connectivity index (χ1n) is 9.87. The van der Waals surface area contributed by atoms with Crippen LogP contribution < -0.4 is 10.6 Å². The summed E-state index contributed by atoms with van der Waals surface area (Å²) in [6.07, 6.45) is 2.47. The molecule has 0 saturated heterocycles. The van der Waals surface area contributed by atoms with Gasteiger partial charge in [-0.25, -0.2) is 24.1 Å². The van der Waals surface area contributed by atoms with Crippen LogP contribution in [-0.2, 0) is 11.8 Å². The van der Waals surface area contributed by atoms with Crippen LogP contribution in [0.1, 0.15) is 35.4 Å². The smallest absolute Gasteiger partial charge is 0.413 e. The highest BCUT2D eigenvalue weighted by Gasteiger charge is 2.21. The average molecular weight is 475 g/mol. The number of aryl methyl sites for hydroxylation is 1. The summed E-state index contributed by atoms with van der Waals surface area (Å²) >= 11 is 0. The van der Waals surface area contributed by atoms with E-state index >= 15 is 0 Å². The summed E-state index contributed by atoms with van der Waals surface area (Å²) in [5, 5.41) is 8.95. The topological polar surface area (TPSA) is 124 Å². The van der Waals surface area contributed by atoms with Crippen molar-refractivity contribution in [3.8, 4) is 11.4 Å². The molecule has 13 heteroatoms. The van der Waals surface area contributed by atoms with E-state index in [9.17, 15) is 22.8 Å². The number of alkyl halides is 1. The summed E-state index contributed by atoms with van der Waals surface area (Å²) in [7, 11) is 1.54. The Morgan fingerprint density at radius 2 is 1.88 bits per heavy atom. The summed E-state index contributed by atoms with van der Waals surface area (Å²) in [5.74, 6) is -2.00. The van der Waals surface area contributed by atoms with E-state index in [1.54, 1.807) is 0 Å². The van der Waals surface area contributed by atoms with E-state index in [0.717, 1.165) is 6.07 Å². The third-order valence-electron chi connectivity index (χ3n) is 4.56. The second-order valence-corrected chi connectivity index (χ2v) is 7.03. The molecule has 178 valence electrons. The zero-order valence-electron chi connectivity index (χ0n) is 18.2. The molecule has 0 radical (unpaired) electrons. The van der Waals surface area contributed by atoms with E-state index in [0.29, 0.717) is 11.8 Å². The Hall–Kier alpha value is -4.29. The number of nitrogens with zero attached hydrogens (tertiary/aromatic N) is 5. The van der Waals surface area contributed by atoms with Gasteiger partial charge in [0.25, 0.3) is 5.91 Å². The van der Waals surface area contributed by atoms with Crippen LogP contribution in [0.4, 0.5) is 23.8 Å². The van der Waals surface area contributed by atoms with Crippen molar-refractivity contribution in [1.82, 2.24) is 30.0 Å². The molecule has 3 heterocycles. The standard InChI is InChI=1S/C21H20F3N7O3/c1-11(4-5-22)29-20(32)13-7-26-18(27-8-13)16-10-28-31(3)19(16)30-21(33)34-12(2)15-6-14(23)9-25-17(15)24/h6-10,12H,1,4-5H2,2-3H3,(H,29,32)(H,30,33)/t12-/m1/s1. The van der Waals surface area contributed by atoms with Gasteiger partial charge in [-0.1, -0.05) is 6.58 Å². The normalized spacial score (nSPS) is 11.6. The Kier molecular flexibility index (Phi) is 7.56. The third kappa shape index (κ3) is 5.74. The summed E-state index contributed by atoms with van der Waals surface area (Å²) in [6.45, 7) is 4.25. The van der Waals surface area contributed by atoms with Crippen LogP contribution in [0.2, 0.25) is 0 Å². The van der Waals surface area contributed by atoms with Crippen LogP contribution in [0.3, 0.4) is 0 Å². The van der Waals surface area contributed by atoms with E-state index in [1.165, 1.54) is 37.2 Å². The molecule has 3 rings (SSSR count). The number of amides is 2. The number of aromatic nitrogens is 5. The number of nitrogens with one attached hydrogen (secondary N) is 2. The molecule has 0 unspecified atom stereocenters. The highest BCUT2D eigenvalue weighted by molar-refractivity contribution is 5.95. The largest absolute Gasteiger partial charge is 0.441 e. The van der Waals surface area contributed by atoms with E-state index in [4.69, 9.17) is 4.74 Å². The number of pyridine rings is 1. The molecule has 0 aliphatic heterocycles. The Balaban J connectivity index is 1.72. The number of hydrogen-bond acceptors (Lipinski definition) is 7. The molecule has 3 aromatic heterocycles. The van der Waals surface area contributed by atoms with Gasteiger partial charge in [0.05, 0.1) is 35.8 Å². The van der Waals surface area contributed by atoms with Gasteiger partial charge in [0, 0.05) is 31.6 Å². The number of ether oxygens (including phenoxy) is 1. The van der Waals surface area contributed by atoms with Crippen LogP contribution in [0, 0.1) is 11.8 Å². The van der Waals surface area contributed by atoms with Crippen molar-refractivity contribution >= 4 is 17.8 Å². The number of carbonyl (C=O) groups is 2. The zero-order chi connectivity index (χ0) is 24.8. The highest BCUT2D eigenvalue weighted by atomic mass is 19.1. The first-order chi connectivity index (χ1) is 16.2. The number of carbonyl (C=O) groups excluding carboxylic acids is 2. The minimum atomic E-state index is -1.14. The fraction of sp³-hybridized carbons (Fsp3) is 0.238. The SMILES string of the molecule is C=C(CCF)NC(=O)c1cnc(-c2cnn(C)c2NC(=O)O[C@H](C)c2cc(F)cnc2F)nc1. The molecular formula is C21H20F3N7O3. The van der Waals surface area contributed by atoms with Gasteiger partial charge in [0.1, 0.15) is 17.7 Å². The van der Waals surface area contributed by atoms with Gasteiger partial charge < -0.3 is 10.1 Å². The van der Waals surface area contributed by atoms with Gasteiger partial charge >= 0.3 is 6.09 Å². The van der Waals surface area contributed by atoms with Crippen LogP contribution >= 0.6 is 0 Å². The van der Waals surface area contributed by atoms with Crippen molar-refractivity contribution in [3.63, 3.8) is 0 Å². The molecule has 34 heavy (non-hydrogen) atoms. The predicted octanol–water partition coefficient (Wildman–Crippen LogP) is 3.46. The quantitative estimate of drug-likeness (QED) is 0.478. The highest BCUT2D eigenvalue weighted by Crippen LogP contribution is 2.26. The van der Waals surface area contributed by atoms with Crippen molar-refractivity contribution in [2.24, 2.45) is 7.05 Å². The minimum absolute atomic E-state index is 0.00746. The fourth-order valence-electron chi connectivity index (χ4n) is 2.82. The maximum atomic E-state index is 13.8. The minimum Gasteiger partial charge on any atom is -0.441 e. The Bertz CT molecular complexity index is 1210. The third-order valence-corrected chi connectivity index (χ3v) is 4.56. The number of halogens is 3. The number of rotatable bonds is 8. The number of hydrogen-bond donors (Lipinski definition) is 2. The first kappa shape index (κ1) is 24.4. The van der Waals surface area contributed by atoms with Crippen molar-refractivity contribution in [1.29, 1.82) is 0 Å². The lowest BCUT2D eigenvalue weighted by Crippen LogP contribution is -2.23. The van der Waals surface area contributed by atoms with Gasteiger partial charge in [0.2, 0.25) is 5.95 Å². The Morgan fingerprint density at radius 1 is 1.18 bits per heavy atom. The molecule has 10 nitrogen and oxygen atoms in total. The van der Waals surface area contributed by atoms with Gasteiger partial charge in [0.15, 0.2) is 5.82 Å². The van der Waals surface area contributed by atoms with E-state index < -0.39 is 36.5 Å². The zero-order valence-corrected chi connectivity index (χ0v) is 18.2. The van der Waals surface area contributed by atoms with E-state index in [-0.39, 0.29) is 34.9 Å². The first-order valence-corrected chi connectivity index (χ1v) is 9.87. The monoisotopic (exact) mass is 475 g/mol. The number of anilines is 1. The Morgan fingerprint density at radius 3 is 2.56 bits per heavy atom. The van der Waals surface area contributed by atoms with Crippen molar-refractivity contribution in [2.45, 2.75) is 19.4 Å². The van der Waals surface area contributed by atoms with Gasteiger partial charge in [-0.05, 0) is 13.0 Å². The summed E-state index contributed by atoms with van der Waals surface area (Å²) in [5.41, 5.74) is 0.407. The molecule has 3 aromatic rings. The second kappa shape index (κ2) is 10.6. The van der Waals surface area contributed by atoms with Crippen LogP contribution in [0.5, 0.6) is 0 Å². The summed E-state index contributed by atoms with van der Waals surface area (Å²) in [4.78, 5) is 36.0.